The van der Waals surface area contributed by atoms with Gasteiger partial charge in [0.15, 0.2) is 5.41 Å². The van der Waals surface area contributed by atoms with E-state index in [1.54, 1.807) is 30.3 Å². The highest BCUT2D eigenvalue weighted by atomic mass is 16.5. The van der Waals surface area contributed by atoms with Crippen LogP contribution in [-0.4, -0.2) is 83.5 Å². The van der Waals surface area contributed by atoms with Crippen LogP contribution in [0.2, 0.25) is 0 Å². The van der Waals surface area contributed by atoms with Crippen molar-refractivity contribution in [1.29, 1.82) is 0 Å². The van der Waals surface area contributed by atoms with Gasteiger partial charge in [-0.15, -0.1) is 0 Å². The number of rotatable bonds is 7. The molecule has 2 rings (SSSR count). The van der Waals surface area contributed by atoms with Gasteiger partial charge >= 0.3 is 0 Å². The molecular formula is C18H27N3O7. The monoisotopic (exact) mass is 397 g/mol. The van der Waals surface area contributed by atoms with Crippen molar-refractivity contribution in [3.63, 3.8) is 0 Å². The van der Waals surface area contributed by atoms with Crippen LogP contribution in [0.3, 0.4) is 0 Å². The molecule has 7 N–H and O–H groups in total. The highest BCUT2D eigenvalue weighted by molar-refractivity contribution is 6.06. The van der Waals surface area contributed by atoms with Crippen LogP contribution in [0.15, 0.2) is 30.3 Å². The molecule has 10 nitrogen and oxygen atoms in total. The van der Waals surface area contributed by atoms with Crippen LogP contribution < -0.4 is 16.2 Å². The standard InChI is InChI=1S/C18H27N3O7/c1-19-16(26)18(17(27)21-20-2,8-10-6-4-3-5-7-10)15-14(25)13(24)12(23)11(9-22)28-15/h3-7,11-15,20,22-25H,8-9H2,1-2H3,(H,19,26)(H,21,27)/t11-,12-,13+,14-,15-,18?/m1/s1. The number of amides is 2. The third-order valence-corrected chi connectivity index (χ3v) is 4.98. The molecule has 28 heavy (non-hydrogen) atoms. The largest absolute Gasteiger partial charge is 0.394 e. The Morgan fingerprint density at radius 3 is 2.21 bits per heavy atom. The van der Waals surface area contributed by atoms with Crippen molar-refractivity contribution in [2.45, 2.75) is 36.9 Å². The molecule has 0 radical (unpaired) electrons. The van der Waals surface area contributed by atoms with E-state index >= 15 is 0 Å². The Balaban J connectivity index is 2.60. The first-order valence-electron chi connectivity index (χ1n) is 8.87. The van der Waals surface area contributed by atoms with E-state index in [-0.39, 0.29) is 6.42 Å². The first kappa shape index (κ1) is 22.2. The molecule has 0 aromatic heterocycles. The van der Waals surface area contributed by atoms with Crippen LogP contribution in [0.25, 0.3) is 0 Å². The van der Waals surface area contributed by atoms with E-state index in [2.05, 4.69) is 16.2 Å². The SMILES string of the molecule is CNNC(=O)C(Cc1ccccc1)(C(=O)NC)[C@@H]1O[C@H](CO)[C@@H](O)[C@H](O)[C@H]1O. The highest BCUT2D eigenvalue weighted by Gasteiger charge is 2.60. The molecule has 156 valence electrons. The minimum Gasteiger partial charge on any atom is -0.394 e. The normalized spacial score (nSPS) is 29.6. The Bertz CT molecular complexity index is 672. The minimum atomic E-state index is -2.01. The maximum absolute atomic E-state index is 13.1. The molecule has 1 unspecified atom stereocenters. The second-order valence-corrected chi connectivity index (χ2v) is 6.67. The van der Waals surface area contributed by atoms with Gasteiger partial charge in [0.2, 0.25) is 5.91 Å². The Kier molecular flexibility index (Phi) is 7.47. The number of carbonyl (C=O) groups is 2. The van der Waals surface area contributed by atoms with E-state index < -0.39 is 54.4 Å². The average Bonchev–Trinajstić information content (AvgIpc) is 2.71. The molecule has 1 aromatic carbocycles. The lowest BCUT2D eigenvalue weighted by Crippen LogP contribution is -2.70. The summed E-state index contributed by atoms with van der Waals surface area (Å²) in [6.45, 7) is -0.676. The van der Waals surface area contributed by atoms with Crippen molar-refractivity contribution in [3.8, 4) is 0 Å². The summed E-state index contributed by atoms with van der Waals surface area (Å²) in [6.07, 6.45) is -8.06. The summed E-state index contributed by atoms with van der Waals surface area (Å²) in [7, 11) is 2.76. The third kappa shape index (κ3) is 4.02. The molecule has 6 atom stereocenters. The van der Waals surface area contributed by atoms with Gasteiger partial charge in [-0.3, -0.25) is 15.0 Å². The fourth-order valence-electron chi connectivity index (χ4n) is 3.50. The Morgan fingerprint density at radius 2 is 1.68 bits per heavy atom. The Labute approximate surface area is 162 Å². The lowest BCUT2D eigenvalue weighted by atomic mass is 9.70. The fourth-order valence-corrected chi connectivity index (χ4v) is 3.50. The number of aliphatic hydroxyl groups is 4. The molecule has 1 aliphatic rings. The van der Waals surface area contributed by atoms with E-state index in [1.165, 1.54) is 14.1 Å². The fraction of sp³-hybridized carbons (Fsp3) is 0.556. The summed E-state index contributed by atoms with van der Waals surface area (Å²) in [5.74, 6) is -1.56. The van der Waals surface area contributed by atoms with E-state index in [1.807, 2.05) is 0 Å². The van der Waals surface area contributed by atoms with E-state index in [0.29, 0.717) is 5.56 Å². The molecular weight excluding hydrogens is 370 g/mol. The Morgan fingerprint density at radius 1 is 1.04 bits per heavy atom. The van der Waals surface area contributed by atoms with Crippen LogP contribution >= 0.6 is 0 Å². The number of hydrazine groups is 1. The molecule has 2 amide bonds. The van der Waals surface area contributed by atoms with Gasteiger partial charge in [-0.1, -0.05) is 30.3 Å². The summed E-state index contributed by atoms with van der Waals surface area (Å²) >= 11 is 0. The van der Waals surface area contributed by atoms with Gasteiger partial charge in [-0.2, -0.15) is 0 Å². The summed E-state index contributed by atoms with van der Waals surface area (Å²) in [5.41, 5.74) is 3.41. The molecule has 1 aliphatic heterocycles. The summed E-state index contributed by atoms with van der Waals surface area (Å²) in [5, 5.41) is 42.8. The molecule has 1 fully saturated rings. The summed E-state index contributed by atoms with van der Waals surface area (Å²) < 4.78 is 5.60. The van der Waals surface area contributed by atoms with E-state index in [0.717, 1.165) is 0 Å². The molecule has 0 spiro atoms. The van der Waals surface area contributed by atoms with Crippen LogP contribution in [0.1, 0.15) is 5.56 Å². The topological polar surface area (TPSA) is 160 Å². The van der Waals surface area contributed by atoms with Crippen LogP contribution in [0.4, 0.5) is 0 Å². The van der Waals surface area contributed by atoms with Crippen molar-refractivity contribution < 1.29 is 34.8 Å². The van der Waals surface area contributed by atoms with Gasteiger partial charge in [0.25, 0.3) is 5.91 Å². The number of carbonyl (C=O) groups excluding carboxylic acids is 2. The summed E-state index contributed by atoms with van der Waals surface area (Å²) in [4.78, 5) is 26.1. The zero-order chi connectivity index (χ0) is 20.9. The van der Waals surface area contributed by atoms with Gasteiger partial charge in [0.1, 0.15) is 30.5 Å². The lowest BCUT2D eigenvalue weighted by Gasteiger charge is -2.47. The highest BCUT2D eigenvalue weighted by Crippen LogP contribution is 2.37. The zero-order valence-electron chi connectivity index (χ0n) is 15.7. The van der Waals surface area contributed by atoms with Gasteiger partial charge in [-0.25, -0.2) is 5.43 Å². The maximum Gasteiger partial charge on any atom is 0.252 e. The number of nitrogens with one attached hydrogen (secondary N) is 3. The van der Waals surface area contributed by atoms with Gasteiger partial charge in [0.05, 0.1) is 6.61 Å². The van der Waals surface area contributed by atoms with Crippen LogP contribution in [0.5, 0.6) is 0 Å². The molecule has 0 aliphatic carbocycles. The van der Waals surface area contributed by atoms with Crippen LogP contribution in [-0.2, 0) is 20.7 Å². The van der Waals surface area contributed by atoms with Gasteiger partial charge < -0.3 is 30.5 Å². The molecule has 10 heteroatoms. The number of ether oxygens (including phenoxy) is 1. The second-order valence-electron chi connectivity index (χ2n) is 6.67. The number of hydrogen-bond acceptors (Lipinski definition) is 8. The molecule has 0 saturated carbocycles. The quantitative estimate of drug-likeness (QED) is 0.190. The molecule has 1 heterocycles. The number of aliphatic hydroxyl groups excluding tert-OH is 4. The molecule has 1 saturated heterocycles. The lowest BCUT2D eigenvalue weighted by molar-refractivity contribution is -0.252. The predicted octanol–water partition coefficient (Wildman–Crippen LogP) is -2.95. The second kappa shape index (κ2) is 9.41. The third-order valence-electron chi connectivity index (χ3n) is 4.98. The first-order chi connectivity index (χ1) is 13.3. The van der Waals surface area contributed by atoms with Crippen molar-refractivity contribution in [2.75, 3.05) is 20.7 Å². The smallest absolute Gasteiger partial charge is 0.252 e. The molecule has 1 aromatic rings. The average molecular weight is 397 g/mol. The van der Waals surface area contributed by atoms with Gasteiger partial charge in [-0.05, 0) is 12.0 Å². The summed E-state index contributed by atoms with van der Waals surface area (Å²) in [6, 6.07) is 8.63. The number of hydrogen-bond donors (Lipinski definition) is 7. The minimum absolute atomic E-state index is 0.163. The zero-order valence-corrected chi connectivity index (χ0v) is 15.7. The van der Waals surface area contributed by atoms with Crippen LogP contribution in [0, 0.1) is 5.41 Å². The van der Waals surface area contributed by atoms with E-state index in [9.17, 15) is 30.0 Å². The van der Waals surface area contributed by atoms with Crippen molar-refractivity contribution in [2.24, 2.45) is 5.41 Å². The van der Waals surface area contributed by atoms with E-state index in [4.69, 9.17) is 4.74 Å². The van der Waals surface area contributed by atoms with Crippen molar-refractivity contribution >= 4 is 11.8 Å². The maximum atomic E-state index is 13.1. The molecule has 0 bridgehead atoms. The predicted molar refractivity (Wildman–Crippen MR) is 97.6 cm³/mol. The van der Waals surface area contributed by atoms with Crippen molar-refractivity contribution in [3.05, 3.63) is 35.9 Å². The van der Waals surface area contributed by atoms with Crippen molar-refractivity contribution in [1.82, 2.24) is 16.2 Å². The van der Waals surface area contributed by atoms with Gasteiger partial charge in [0, 0.05) is 14.1 Å². The Hall–Kier alpha value is -2.08. The number of benzene rings is 1. The first-order valence-corrected chi connectivity index (χ1v) is 8.87.